The highest BCUT2D eigenvalue weighted by atomic mass is 16.5. The number of nitrogens with one attached hydrogen (secondary N) is 1. The SMILES string of the molecule is CC(C)C(OC(=O)C1CC2CCCC(C1)C2=O)C(=O)NC(N)=O. The van der Waals surface area contributed by atoms with E-state index in [2.05, 4.69) is 0 Å². The minimum Gasteiger partial charge on any atom is -0.452 e. The zero-order valence-electron chi connectivity index (χ0n) is 13.5. The summed E-state index contributed by atoms with van der Waals surface area (Å²) >= 11 is 0. The maximum absolute atomic E-state index is 12.4. The molecular formula is C16H24N2O5. The molecule has 0 spiro atoms. The number of carbonyl (C=O) groups is 4. The molecule has 2 saturated carbocycles. The van der Waals surface area contributed by atoms with Crippen molar-refractivity contribution in [1.29, 1.82) is 0 Å². The van der Waals surface area contributed by atoms with E-state index >= 15 is 0 Å². The van der Waals surface area contributed by atoms with Crippen molar-refractivity contribution in [2.24, 2.45) is 29.4 Å². The van der Waals surface area contributed by atoms with Gasteiger partial charge in [0.1, 0.15) is 5.78 Å². The number of hydrogen-bond donors (Lipinski definition) is 2. The van der Waals surface area contributed by atoms with Crippen LogP contribution in [0.25, 0.3) is 0 Å². The van der Waals surface area contributed by atoms with Crippen molar-refractivity contribution in [3.8, 4) is 0 Å². The Labute approximate surface area is 135 Å². The Bertz CT molecular complexity index is 501. The van der Waals surface area contributed by atoms with Gasteiger partial charge in [0.05, 0.1) is 5.92 Å². The molecule has 128 valence electrons. The Morgan fingerprint density at radius 3 is 2.22 bits per heavy atom. The molecule has 2 aliphatic rings. The molecule has 7 nitrogen and oxygen atoms in total. The van der Waals surface area contributed by atoms with Gasteiger partial charge in [0, 0.05) is 11.8 Å². The number of nitrogens with two attached hydrogens (primary N) is 1. The first-order valence-corrected chi connectivity index (χ1v) is 8.14. The molecular weight excluding hydrogens is 300 g/mol. The van der Waals surface area contributed by atoms with Crippen LogP contribution >= 0.6 is 0 Å². The minimum absolute atomic E-state index is 0.0583. The third kappa shape index (κ3) is 4.09. The molecule has 0 aromatic carbocycles. The Morgan fingerprint density at radius 2 is 1.74 bits per heavy atom. The Kier molecular flexibility index (Phi) is 5.38. The second kappa shape index (κ2) is 7.10. The molecule has 0 heterocycles. The number of amides is 3. The van der Waals surface area contributed by atoms with Crippen molar-refractivity contribution in [3.63, 3.8) is 0 Å². The predicted molar refractivity (Wildman–Crippen MR) is 81.0 cm³/mol. The molecule has 2 bridgehead atoms. The Morgan fingerprint density at radius 1 is 1.17 bits per heavy atom. The van der Waals surface area contributed by atoms with Crippen molar-refractivity contribution in [2.75, 3.05) is 0 Å². The van der Waals surface area contributed by atoms with Crippen LogP contribution in [0.15, 0.2) is 0 Å². The predicted octanol–water partition coefficient (Wildman–Crippen LogP) is 1.14. The van der Waals surface area contributed by atoms with Gasteiger partial charge in [0.15, 0.2) is 6.10 Å². The highest BCUT2D eigenvalue weighted by Crippen LogP contribution is 2.40. The largest absolute Gasteiger partial charge is 0.452 e. The van der Waals surface area contributed by atoms with Gasteiger partial charge in [0.2, 0.25) is 0 Å². The molecule has 3 unspecified atom stereocenters. The Balaban J connectivity index is 2.00. The van der Waals surface area contributed by atoms with E-state index in [-0.39, 0.29) is 29.5 Å². The summed E-state index contributed by atoms with van der Waals surface area (Å²) in [5.41, 5.74) is 4.93. The van der Waals surface area contributed by atoms with Gasteiger partial charge in [-0.05, 0) is 31.6 Å². The van der Waals surface area contributed by atoms with Gasteiger partial charge < -0.3 is 10.5 Å². The molecule has 2 aliphatic carbocycles. The number of esters is 1. The van der Waals surface area contributed by atoms with Crippen molar-refractivity contribution < 1.29 is 23.9 Å². The number of ketones is 1. The number of Topliss-reactive ketones (excluding diaryl/α,β-unsaturated/α-hetero) is 1. The normalized spacial score (nSPS) is 28.1. The topological polar surface area (TPSA) is 116 Å². The maximum Gasteiger partial charge on any atom is 0.318 e. The highest BCUT2D eigenvalue weighted by molar-refractivity contribution is 5.97. The van der Waals surface area contributed by atoms with E-state index in [1.165, 1.54) is 0 Å². The second-order valence-corrected chi connectivity index (χ2v) is 6.85. The van der Waals surface area contributed by atoms with Crippen LogP contribution in [-0.4, -0.2) is 29.8 Å². The number of hydrogen-bond acceptors (Lipinski definition) is 5. The fourth-order valence-corrected chi connectivity index (χ4v) is 3.58. The van der Waals surface area contributed by atoms with E-state index < -0.39 is 24.0 Å². The van der Waals surface area contributed by atoms with Gasteiger partial charge in [-0.15, -0.1) is 0 Å². The standard InChI is InChI=1S/C16H24N2O5/c1-8(2)13(14(20)18-16(17)22)23-15(21)11-6-9-4-3-5-10(7-11)12(9)19/h8-11,13H,3-7H2,1-2H3,(H3,17,18,20,22). The number of rotatable bonds is 4. The minimum atomic E-state index is -1.06. The van der Waals surface area contributed by atoms with Crippen LogP contribution in [0, 0.1) is 23.7 Å². The molecule has 2 rings (SSSR count). The number of primary amides is 1. The molecule has 0 aromatic rings. The molecule has 0 aromatic heterocycles. The van der Waals surface area contributed by atoms with Gasteiger partial charge in [0.25, 0.3) is 5.91 Å². The zero-order chi connectivity index (χ0) is 17.1. The van der Waals surface area contributed by atoms with Gasteiger partial charge in [-0.1, -0.05) is 20.3 Å². The van der Waals surface area contributed by atoms with Gasteiger partial charge in [-0.2, -0.15) is 0 Å². The van der Waals surface area contributed by atoms with E-state index in [4.69, 9.17) is 10.5 Å². The first kappa shape index (κ1) is 17.4. The van der Waals surface area contributed by atoms with Gasteiger partial charge in [-0.3, -0.25) is 19.7 Å². The van der Waals surface area contributed by atoms with Crippen LogP contribution in [0.4, 0.5) is 4.79 Å². The Hall–Kier alpha value is -1.92. The summed E-state index contributed by atoms with van der Waals surface area (Å²) in [4.78, 5) is 47.2. The number of carbonyl (C=O) groups excluding carboxylic acids is 4. The van der Waals surface area contributed by atoms with Gasteiger partial charge >= 0.3 is 12.0 Å². The third-order valence-corrected chi connectivity index (χ3v) is 4.73. The lowest BCUT2D eigenvalue weighted by Gasteiger charge is -2.37. The second-order valence-electron chi connectivity index (χ2n) is 6.85. The lowest BCUT2D eigenvalue weighted by molar-refractivity contribution is -0.165. The number of fused-ring (bicyclic) bond motifs is 2. The highest BCUT2D eigenvalue weighted by Gasteiger charge is 2.42. The van der Waals surface area contributed by atoms with Crippen LogP contribution in [-0.2, 0) is 19.1 Å². The summed E-state index contributed by atoms with van der Waals surface area (Å²) in [5.74, 6) is -1.67. The molecule has 0 saturated heterocycles. The molecule has 3 amide bonds. The van der Waals surface area contributed by atoms with E-state index in [9.17, 15) is 19.2 Å². The quantitative estimate of drug-likeness (QED) is 0.752. The monoisotopic (exact) mass is 324 g/mol. The van der Waals surface area contributed by atoms with Crippen LogP contribution < -0.4 is 11.1 Å². The maximum atomic E-state index is 12.4. The molecule has 3 atom stereocenters. The van der Waals surface area contributed by atoms with Crippen LogP contribution in [0.2, 0.25) is 0 Å². The first-order valence-electron chi connectivity index (χ1n) is 8.14. The summed E-state index contributed by atoms with van der Waals surface area (Å²) in [7, 11) is 0. The lowest BCUT2D eigenvalue weighted by Crippen LogP contribution is -2.47. The van der Waals surface area contributed by atoms with E-state index in [1.807, 2.05) is 5.32 Å². The molecule has 7 heteroatoms. The molecule has 23 heavy (non-hydrogen) atoms. The summed E-state index contributed by atoms with van der Waals surface area (Å²) in [6.07, 6.45) is 2.61. The van der Waals surface area contributed by atoms with E-state index in [0.717, 1.165) is 19.3 Å². The summed E-state index contributed by atoms with van der Waals surface area (Å²) in [6, 6.07) is -0.977. The number of urea groups is 1. The van der Waals surface area contributed by atoms with E-state index in [0.29, 0.717) is 12.8 Å². The van der Waals surface area contributed by atoms with Crippen molar-refractivity contribution in [3.05, 3.63) is 0 Å². The fourth-order valence-electron chi connectivity index (χ4n) is 3.58. The van der Waals surface area contributed by atoms with Crippen LogP contribution in [0.3, 0.4) is 0 Å². The number of ether oxygens (including phenoxy) is 1. The molecule has 0 aliphatic heterocycles. The average Bonchev–Trinajstić information content (AvgIpc) is 2.42. The zero-order valence-corrected chi connectivity index (χ0v) is 13.5. The van der Waals surface area contributed by atoms with E-state index in [1.54, 1.807) is 13.8 Å². The van der Waals surface area contributed by atoms with Crippen molar-refractivity contribution >= 4 is 23.7 Å². The third-order valence-electron chi connectivity index (χ3n) is 4.73. The molecule has 0 radical (unpaired) electrons. The first-order chi connectivity index (χ1) is 10.8. The van der Waals surface area contributed by atoms with Crippen molar-refractivity contribution in [1.82, 2.24) is 5.32 Å². The molecule has 3 N–H and O–H groups in total. The summed E-state index contributed by atoms with van der Waals surface area (Å²) in [6.45, 7) is 3.44. The number of imide groups is 1. The van der Waals surface area contributed by atoms with Crippen LogP contribution in [0.1, 0.15) is 46.0 Å². The van der Waals surface area contributed by atoms with Crippen molar-refractivity contribution in [2.45, 2.75) is 52.1 Å². The summed E-state index contributed by atoms with van der Waals surface area (Å²) < 4.78 is 5.34. The molecule has 2 fully saturated rings. The smallest absolute Gasteiger partial charge is 0.318 e. The van der Waals surface area contributed by atoms with Gasteiger partial charge in [-0.25, -0.2) is 4.79 Å². The van der Waals surface area contributed by atoms with Crippen LogP contribution in [0.5, 0.6) is 0 Å². The fraction of sp³-hybridized carbons (Fsp3) is 0.750. The summed E-state index contributed by atoms with van der Waals surface area (Å²) in [5, 5.41) is 1.95. The average molecular weight is 324 g/mol. The lowest BCUT2D eigenvalue weighted by atomic mass is 9.67.